The number of aryl methyl sites for hydroxylation is 1. The fourth-order valence-electron chi connectivity index (χ4n) is 2.51. The van der Waals surface area contributed by atoms with Crippen LogP contribution in [0.1, 0.15) is 11.1 Å². The van der Waals surface area contributed by atoms with Crippen LogP contribution in [0, 0.1) is 6.92 Å². The van der Waals surface area contributed by atoms with E-state index in [4.69, 9.17) is 19.9 Å². The van der Waals surface area contributed by atoms with Gasteiger partial charge in [0, 0.05) is 11.6 Å². The van der Waals surface area contributed by atoms with E-state index in [1.54, 1.807) is 14.2 Å². The molecule has 3 N–H and O–H groups in total. The van der Waals surface area contributed by atoms with Crippen LogP contribution in [0.2, 0.25) is 0 Å². The molecular weight excluding hydrogens is 246 g/mol. The first-order valence-corrected chi connectivity index (χ1v) is 6.26. The molecular formula is C14H21NO4. The Kier molecular flexibility index (Phi) is 3.99. The Morgan fingerprint density at radius 1 is 1.32 bits per heavy atom. The van der Waals surface area contributed by atoms with E-state index in [0.29, 0.717) is 13.2 Å². The van der Waals surface area contributed by atoms with Gasteiger partial charge in [-0.05, 0) is 24.6 Å². The molecule has 1 atom stereocenters. The van der Waals surface area contributed by atoms with Crippen LogP contribution in [0.25, 0.3) is 0 Å². The lowest BCUT2D eigenvalue weighted by molar-refractivity contribution is -0.0807. The maximum Gasteiger partial charge on any atom is 0.123 e. The summed E-state index contributed by atoms with van der Waals surface area (Å²) in [5, 5.41) is 9.39. The van der Waals surface area contributed by atoms with Gasteiger partial charge in [-0.25, -0.2) is 0 Å². The SMILES string of the molecule is COc1cc(C2(C(N)CO)COC2)c(OC)cc1C. The van der Waals surface area contributed by atoms with Gasteiger partial charge in [-0.3, -0.25) is 0 Å². The van der Waals surface area contributed by atoms with Crippen LogP contribution in [0.3, 0.4) is 0 Å². The van der Waals surface area contributed by atoms with Crippen LogP contribution < -0.4 is 15.2 Å². The average Bonchev–Trinajstić information content (AvgIpc) is 2.38. The Balaban J connectivity index is 2.53. The molecule has 1 fully saturated rings. The minimum absolute atomic E-state index is 0.0945. The number of nitrogens with two attached hydrogens (primary N) is 1. The summed E-state index contributed by atoms with van der Waals surface area (Å²) in [5.74, 6) is 1.54. The molecule has 0 aliphatic carbocycles. The second-order valence-electron chi connectivity index (χ2n) is 4.96. The molecule has 106 valence electrons. The standard InChI is InChI=1S/C14H21NO4/c1-9-4-12(18-3)10(5-11(9)17-2)14(7-19-8-14)13(15)6-16/h4-5,13,16H,6-8,15H2,1-3H3. The number of benzene rings is 1. The summed E-state index contributed by atoms with van der Waals surface area (Å²) >= 11 is 0. The number of rotatable bonds is 5. The van der Waals surface area contributed by atoms with Crippen molar-refractivity contribution in [1.82, 2.24) is 0 Å². The molecule has 1 aromatic rings. The van der Waals surface area contributed by atoms with E-state index in [2.05, 4.69) is 0 Å². The fourth-order valence-corrected chi connectivity index (χ4v) is 2.51. The van der Waals surface area contributed by atoms with E-state index in [9.17, 15) is 5.11 Å². The minimum atomic E-state index is -0.402. The van der Waals surface area contributed by atoms with Gasteiger partial charge in [0.15, 0.2) is 0 Å². The number of aliphatic hydroxyl groups excluding tert-OH is 1. The summed E-state index contributed by atoms with van der Waals surface area (Å²) < 4.78 is 16.1. The molecule has 5 nitrogen and oxygen atoms in total. The summed E-state index contributed by atoms with van der Waals surface area (Å²) in [5.41, 5.74) is 7.60. The summed E-state index contributed by atoms with van der Waals surface area (Å²) in [7, 11) is 3.26. The van der Waals surface area contributed by atoms with Crippen molar-refractivity contribution in [3.05, 3.63) is 23.3 Å². The van der Waals surface area contributed by atoms with Crippen LogP contribution in [0.15, 0.2) is 12.1 Å². The molecule has 0 aromatic heterocycles. The molecule has 0 radical (unpaired) electrons. The highest BCUT2D eigenvalue weighted by Gasteiger charge is 2.47. The molecule has 0 bridgehead atoms. The van der Waals surface area contributed by atoms with Gasteiger partial charge in [-0.2, -0.15) is 0 Å². The summed E-state index contributed by atoms with van der Waals surface area (Å²) in [6.45, 7) is 2.83. The zero-order valence-electron chi connectivity index (χ0n) is 11.6. The fraction of sp³-hybridized carbons (Fsp3) is 0.571. The third-order valence-electron chi connectivity index (χ3n) is 3.88. The van der Waals surface area contributed by atoms with Crippen molar-refractivity contribution < 1.29 is 19.3 Å². The highest BCUT2D eigenvalue weighted by Crippen LogP contribution is 2.42. The summed E-state index contributed by atoms with van der Waals surface area (Å²) in [4.78, 5) is 0. The second kappa shape index (κ2) is 5.36. The van der Waals surface area contributed by atoms with Crippen LogP contribution in [0.4, 0.5) is 0 Å². The molecule has 0 spiro atoms. The zero-order chi connectivity index (χ0) is 14.0. The summed E-state index contributed by atoms with van der Waals surface area (Å²) in [6.07, 6.45) is 0. The lowest BCUT2D eigenvalue weighted by Gasteiger charge is -2.46. The third kappa shape index (κ3) is 2.18. The lowest BCUT2D eigenvalue weighted by atomic mass is 9.72. The molecule has 1 aliphatic heterocycles. The first-order chi connectivity index (χ1) is 9.08. The van der Waals surface area contributed by atoms with Gasteiger partial charge in [-0.1, -0.05) is 0 Å². The predicted molar refractivity (Wildman–Crippen MR) is 71.8 cm³/mol. The molecule has 5 heteroatoms. The molecule has 1 aromatic carbocycles. The van der Waals surface area contributed by atoms with Gasteiger partial charge in [0.1, 0.15) is 11.5 Å². The Labute approximate surface area is 113 Å². The summed E-state index contributed by atoms with van der Waals surface area (Å²) in [6, 6.07) is 3.48. The molecule has 19 heavy (non-hydrogen) atoms. The molecule has 1 unspecified atom stereocenters. The van der Waals surface area contributed by atoms with E-state index in [1.807, 2.05) is 19.1 Å². The molecule has 1 aliphatic rings. The highest BCUT2D eigenvalue weighted by atomic mass is 16.5. The molecule has 0 amide bonds. The maximum atomic E-state index is 9.39. The first-order valence-electron chi connectivity index (χ1n) is 6.26. The number of aliphatic hydroxyl groups is 1. The van der Waals surface area contributed by atoms with Crippen molar-refractivity contribution in [3.63, 3.8) is 0 Å². The van der Waals surface area contributed by atoms with Crippen LogP contribution in [-0.4, -0.2) is 45.2 Å². The van der Waals surface area contributed by atoms with Crippen LogP contribution >= 0.6 is 0 Å². The Hall–Kier alpha value is -1.30. The Morgan fingerprint density at radius 2 is 1.95 bits per heavy atom. The Morgan fingerprint density at radius 3 is 2.37 bits per heavy atom. The van der Waals surface area contributed by atoms with E-state index in [1.165, 1.54) is 0 Å². The van der Waals surface area contributed by atoms with Gasteiger partial charge in [0.05, 0.1) is 39.5 Å². The lowest BCUT2D eigenvalue weighted by Crippen LogP contribution is -2.60. The van der Waals surface area contributed by atoms with E-state index in [0.717, 1.165) is 22.6 Å². The molecule has 0 saturated carbocycles. The second-order valence-corrected chi connectivity index (χ2v) is 4.96. The first kappa shape index (κ1) is 14.1. The zero-order valence-corrected chi connectivity index (χ0v) is 11.6. The smallest absolute Gasteiger partial charge is 0.123 e. The molecule has 2 rings (SSSR count). The monoisotopic (exact) mass is 267 g/mol. The van der Waals surface area contributed by atoms with E-state index < -0.39 is 5.41 Å². The number of hydrogen-bond acceptors (Lipinski definition) is 5. The van der Waals surface area contributed by atoms with Gasteiger partial charge < -0.3 is 25.1 Å². The van der Waals surface area contributed by atoms with Crippen molar-refractivity contribution in [2.24, 2.45) is 5.73 Å². The van der Waals surface area contributed by atoms with Gasteiger partial charge in [0.25, 0.3) is 0 Å². The number of ether oxygens (including phenoxy) is 3. The quantitative estimate of drug-likeness (QED) is 0.817. The van der Waals surface area contributed by atoms with Gasteiger partial charge in [0.2, 0.25) is 0 Å². The normalized spacial score (nSPS) is 18.6. The average molecular weight is 267 g/mol. The van der Waals surface area contributed by atoms with Crippen molar-refractivity contribution in [2.45, 2.75) is 18.4 Å². The topological polar surface area (TPSA) is 73.9 Å². The van der Waals surface area contributed by atoms with Crippen molar-refractivity contribution in [2.75, 3.05) is 34.0 Å². The van der Waals surface area contributed by atoms with Crippen molar-refractivity contribution in [3.8, 4) is 11.5 Å². The molecule has 1 saturated heterocycles. The molecule has 1 heterocycles. The van der Waals surface area contributed by atoms with Crippen LogP contribution in [-0.2, 0) is 10.2 Å². The third-order valence-corrected chi connectivity index (χ3v) is 3.88. The van der Waals surface area contributed by atoms with Crippen LogP contribution in [0.5, 0.6) is 11.5 Å². The Bertz CT molecular complexity index is 457. The van der Waals surface area contributed by atoms with Gasteiger partial charge >= 0.3 is 0 Å². The predicted octanol–water partition coefficient (Wildman–Crippen LogP) is 0.600. The van der Waals surface area contributed by atoms with Crippen molar-refractivity contribution in [1.29, 1.82) is 0 Å². The van der Waals surface area contributed by atoms with E-state index >= 15 is 0 Å². The number of hydrogen-bond donors (Lipinski definition) is 2. The highest BCUT2D eigenvalue weighted by molar-refractivity contribution is 5.51. The number of methoxy groups -OCH3 is 2. The maximum absolute atomic E-state index is 9.39. The van der Waals surface area contributed by atoms with Crippen molar-refractivity contribution >= 4 is 0 Å². The van der Waals surface area contributed by atoms with Gasteiger partial charge in [-0.15, -0.1) is 0 Å². The minimum Gasteiger partial charge on any atom is -0.496 e. The van der Waals surface area contributed by atoms with E-state index in [-0.39, 0.29) is 12.6 Å². The largest absolute Gasteiger partial charge is 0.496 e.